The van der Waals surface area contributed by atoms with E-state index in [0.29, 0.717) is 17.7 Å². The van der Waals surface area contributed by atoms with Crippen molar-refractivity contribution < 1.29 is 13.6 Å². The Bertz CT molecular complexity index is 961. The Hall–Kier alpha value is -2.13. The average Bonchev–Trinajstić information content (AvgIpc) is 3.04. The van der Waals surface area contributed by atoms with E-state index in [1.54, 1.807) is 9.95 Å². The molecule has 24 heavy (non-hydrogen) atoms. The van der Waals surface area contributed by atoms with E-state index in [1.165, 1.54) is 6.07 Å². The number of aromatic nitrogens is 2. The molecule has 0 fully saturated rings. The topological polar surface area (TPSA) is 64.0 Å². The highest BCUT2D eigenvalue weighted by molar-refractivity contribution is 7.22. The number of halogens is 2. The van der Waals surface area contributed by atoms with E-state index in [9.17, 15) is 18.4 Å². The minimum Gasteiger partial charge on any atom is -0.303 e. The second-order valence-electron chi connectivity index (χ2n) is 5.20. The molecule has 1 aromatic carbocycles. The van der Waals surface area contributed by atoms with Gasteiger partial charge in [-0.2, -0.15) is 0 Å². The van der Waals surface area contributed by atoms with Gasteiger partial charge in [-0.15, -0.1) is 0 Å². The standard InChI is InChI=1S/C15H13F2N3O2S2/c1-8-7-23-15(22)20(8)4-2-3-12(21)18-14-19-13-10(17)5-9(16)6-11(13)24-14/h5-7H,2-4H2,1H3,(H,18,19,21). The molecule has 2 aromatic heterocycles. The summed E-state index contributed by atoms with van der Waals surface area (Å²) in [5.41, 5.74) is 0.909. The molecule has 5 nitrogen and oxygen atoms in total. The summed E-state index contributed by atoms with van der Waals surface area (Å²) in [5.74, 6) is -1.72. The quantitative estimate of drug-likeness (QED) is 0.748. The number of anilines is 1. The molecule has 0 bridgehead atoms. The lowest BCUT2D eigenvalue weighted by atomic mass is 10.3. The fourth-order valence-corrected chi connectivity index (χ4v) is 3.95. The van der Waals surface area contributed by atoms with Crippen LogP contribution in [0.1, 0.15) is 18.5 Å². The van der Waals surface area contributed by atoms with Crippen molar-refractivity contribution in [2.24, 2.45) is 0 Å². The summed E-state index contributed by atoms with van der Waals surface area (Å²) in [7, 11) is 0. The van der Waals surface area contributed by atoms with Gasteiger partial charge in [-0.1, -0.05) is 22.7 Å². The zero-order valence-electron chi connectivity index (χ0n) is 12.6. The molecular formula is C15H13F2N3O2S2. The van der Waals surface area contributed by atoms with Gasteiger partial charge in [0.05, 0.1) is 4.70 Å². The number of hydrogen-bond acceptors (Lipinski definition) is 5. The average molecular weight is 369 g/mol. The maximum absolute atomic E-state index is 13.6. The number of carbonyl (C=O) groups is 1. The summed E-state index contributed by atoms with van der Waals surface area (Å²) >= 11 is 2.14. The Morgan fingerprint density at radius 3 is 2.88 bits per heavy atom. The zero-order chi connectivity index (χ0) is 17.3. The molecule has 0 saturated carbocycles. The number of fused-ring (bicyclic) bond motifs is 1. The number of thiazole rings is 2. The third-order valence-corrected chi connectivity index (χ3v) is 5.22. The summed E-state index contributed by atoms with van der Waals surface area (Å²) in [6.07, 6.45) is 0.700. The molecule has 3 rings (SSSR count). The van der Waals surface area contributed by atoms with Crippen LogP contribution < -0.4 is 10.2 Å². The van der Waals surface area contributed by atoms with E-state index in [1.807, 2.05) is 6.92 Å². The largest absolute Gasteiger partial charge is 0.307 e. The fraction of sp³-hybridized carbons (Fsp3) is 0.267. The maximum Gasteiger partial charge on any atom is 0.307 e. The number of nitrogens with zero attached hydrogens (tertiary/aromatic N) is 2. The highest BCUT2D eigenvalue weighted by Crippen LogP contribution is 2.28. The van der Waals surface area contributed by atoms with Crippen molar-refractivity contribution >= 4 is 43.9 Å². The zero-order valence-corrected chi connectivity index (χ0v) is 14.3. The highest BCUT2D eigenvalue weighted by atomic mass is 32.1. The van der Waals surface area contributed by atoms with E-state index in [-0.39, 0.29) is 27.8 Å². The van der Waals surface area contributed by atoms with Crippen LogP contribution in [0.2, 0.25) is 0 Å². The minimum atomic E-state index is -0.756. The highest BCUT2D eigenvalue weighted by Gasteiger charge is 2.12. The Balaban J connectivity index is 1.61. The van der Waals surface area contributed by atoms with Crippen LogP contribution in [0, 0.1) is 18.6 Å². The monoisotopic (exact) mass is 369 g/mol. The third kappa shape index (κ3) is 3.51. The first-order chi connectivity index (χ1) is 11.4. The molecule has 3 aromatic rings. The molecule has 0 unspecified atom stereocenters. The fourth-order valence-electron chi connectivity index (χ4n) is 2.26. The number of aryl methyl sites for hydroxylation is 1. The Morgan fingerprint density at radius 2 is 2.17 bits per heavy atom. The van der Waals surface area contributed by atoms with Gasteiger partial charge in [0.25, 0.3) is 0 Å². The number of hydrogen-bond donors (Lipinski definition) is 1. The van der Waals surface area contributed by atoms with Gasteiger partial charge in [-0.05, 0) is 19.4 Å². The maximum atomic E-state index is 13.6. The molecule has 0 aliphatic rings. The van der Waals surface area contributed by atoms with Crippen LogP contribution in [0.15, 0.2) is 22.3 Å². The van der Waals surface area contributed by atoms with Gasteiger partial charge >= 0.3 is 4.87 Å². The first kappa shape index (κ1) is 16.7. The first-order valence-electron chi connectivity index (χ1n) is 7.14. The number of carbonyl (C=O) groups excluding carboxylic acids is 1. The molecule has 0 atom stereocenters. The van der Waals surface area contributed by atoms with Crippen LogP contribution in [-0.4, -0.2) is 15.5 Å². The van der Waals surface area contributed by atoms with Gasteiger partial charge in [0.2, 0.25) is 5.91 Å². The molecule has 0 spiro atoms. The number of amides is 1. The lowest BCUT2D eigenvalue weighted by molar-refractivity contribution is -0.116. The summed E-state index contributed by atoms with van der Waals surface area (Å²) in [6, 6.07) is 1.94. The number of nitrogens with one attached hydrogen (secondary N) is 1. The predicted octanol–water partition coefficient (Wildman–Crippen LogP) is 3.53. The first-order valence-corrected chi connectivity index (χ1v) is 8.84. The number of rotatable bonds is 5. The summed E-state index contributed by atoms with van der Waals surface area (Å²) in [5, 5.41) is 4.58. The summed E-state index contributed by atoms with van der Waals surface area (Å²) in [4.78, 5) is 27.4. The van der Waals surface area contributed by atoms with Crippen LogP contribution in [0.4, 0.5) is 13.9 Å². The molecule has 0 aliphatic heterocycles. The molecule has 9 heteroatoms. The van der Waals surface area contributed by atoms with Crippen molar-refractivity contribution in [2.75, 3.05) is 5.32 Å². The molecule has 1 amide bonds. The van der Waals surface area contributed by atoms with Crippen LogP contribution in [-0.2, 0) is 11.3 Å². The van der Waals surface area contributed by atoms with Crippen molar-refractivity contribution in [3.05, 3.63) is 44.5 Å². The van der Waals surface area contributed by atoms with Gasteiger partial charge in [0.15, 0.2) is 10.9 Å². The second kappa shape index (κ2) is 6.78. The van der Waals surface area contributed by atoms with Gasteiger partial charge in [-0.3, -0.25) is 9.59 Å². The molecule has 0 saturated heterocycles. The normalized spacial score (nSPS) is 11.1. The Kier molecular flexibility index (Phi) is 4.72. The molecule has 0 radical (unpaired) electrons. The summed E-state index contributed by atoms with van der Waals surface area (Å²) in [6.45, 7) is 2.30. The molecule has 0 aliphatic carbocycles. The van der Waals surface area contributed by atoms with E-state index < -0.39 is 11.6 Å². The van der Waals surface area contributed by atoms with Crippen molar-refractivity contribution in [2.45, 2.75) is 26.3 Å². The Labute approximate surface area is 143 Å². The summed E-state index contributed by atoms with van der Waals surface area (Å²) < 4.78 is 28.7. The van der Waals surface area contributed by atoms with Crippen molar-refractivity contribution in [1.82, 2.24) is 9.55 Å². The van der Waals surface area contributed by atoms with Crippen LogP contribution in [0.5, 0.6) is 0 Å². The van der Waals surface area contributed by atoms with Gasteiger partial charge in [-0.25, -0.2) is 13.8 Å². The van der Waals surface area contributed by atoms with Gasteiger partial charge in [0.1, 0.15) is 11.3 Å². The van der Waals surface area contributed by atoms with E-state index in [4.69, 9.17) is 0 Å². The minimum absolute atomic E-state index is 0.0390. The van der Waals surface area contributed by atoms with E-state index in [2.05, 4.69) is 10.3 Å². The van der Waals surface area contributed by atoms with Crippen molar-refractivity contribution in [3.63, 3.8) is 0 Å². The molecular weight excluding hydrogens is 356 g/mol. The lowest BCUT2D eigenvalue weighted by Crippen LogP contribution is -2.17. The molecule has 2 heterocycles. The predicted molar refractivity (Wildman–Crippen MR) is 90.7 cm³/mol. The van der Waals surface area contributed by atoms with E-state index >= 15 is 0 Å². The van der Waals surface area contributed by atoms with Crippen molar-refractivity contribution in [3.8, 4) is 0 Å². The lowest BCUT2D eigenvalue weighted by Gasteiger charge is -2.04. The number of benzene rings is 1. The SMILES string of the molecule is Cc1csc(=O)n1CCCC(=O)Nc1nc2c(F)cc(F)cc2s1. The van der Waals surface area contributed by atoms with E-state index in [0.717, 1.165) is 34.4 Å². The van der Waals surface area contributed by atoms with Gasteiger partial charge in [0, 0.05) is 30.1 Å². The third-order valence-electron chi connectivity index (χ3n) is 3.42. The van der Waals surface area contributed by atoms with Crippen molar-refractivity contribution in [1.29, 1.82) is 0 Å². The van der Waals surface area contributed by atoms with Crippen LogP contribution in [0.3, 0.4) is 0 Å². The van der Waals surface area contributed by atoms with Crippen LogP contribution in [0.25, 0.3) is 10.2 Å². The van der Waals surface area contributed by atoms with Gasteiger partial charge < -0.3 is 9.88 Å². The van der Waals surface area contributed by atoms with Crippen LogP contribution >= 0.6 is 22.7 Å². The second-order valence-corrected chi connectivity index (χ2v) is 7.05. The smallest absolute Gasteiger partial charge is 0.303 e. The molecule has 1 N–H and O–H groups in total. The molecule has 126 valence electrons. The Morgan fingerprint density at radius 1 is 1.38 bits per heavy atom.